The summed E-state index contributed by atoms with van der Waals surface area (Å²) in [4.78, 5) is 30.4. The molecule has 0 unspecified atom stereocenters. The van der Waals surface area contributed by atoms with Gasteiger partial charge in [0, 0.05) is 41.8 Å². The van der Waals surface area contributed by atoms with E-state index in [9.17, 15) is 19.1 Å². The van der Waals surface area contributed by atoms with E-state index < -0.39 is 6.10 Å². The highest BCUT2D eigenvalue weighted by atomic mass is 19.1. The molecule has 3 aromatic rings. The van der Waals surface area contributed by atoms with Gasteiger partial charge in [0.05, 0.1) is 17.2 Å². The third-order valence-corrected chi connectivity index (χ3v) is 6.14. The maximum Gasteiger partial charge on any atom is 0.256 e. The Morgan fingerprint density at radius 3 is 2.72 bits per heavy atom. The summed E-state index contributed by atoms with van der Waals surface area (Å²) in [6.07, 6.45) is 3.42. The van der Waals surface area contributed by atoms with Crippen molar-refractivity contribution in [1.82, 2.24) is 9.88 Å². The van der Waals surface area contributed by atoms with Crippen LogP contribution in [0, 0.1) is 12.7 Å². The van der Waals surface area contributed by atoms with Crippen molar-refractivity contribution >= 4 is 29.2 Å². The number of hydrogen-bond donors (Lipinski definition) is 3. The molecule has 0 aliphatic carbocycles. The SMILES string of the molecule is Cc1c(C(=O)N2CC[C@H](O)C2)c[nH]c1C=C1C(=O)Nc2cccc(-c3ccccc3F)c21. The van der Waals surface area contributed by atoms with Crippen molar-refractivity contribution < 1.29 is 19.1 Å². The molecular formula is C25H22FN3O3. The minimum atomic E-state index is -0.490. The summed E-state index contributed by atoms with van der Waals surface area (Å²) in [5, 5.41) is 12.6. The van der Waals surface area contributed by atoms with Gasteiger partial charge in [-0.25, -0.2) is 4.39 Å². The zero-order valence-corrected chi connectivity index (χ0v) is 17.5. The van der Waals surface area contributed by atoms with Crippen LogP contribution in [0.1, 0.15) is 33.6 Å². The quantitative estimate of drug-likeness (QED) is 0.551. The van der Waals surface area contributed by atoms with Gasteiger partial charge >= 0.3 is 0 Å². The number of β-amino-alcohol motifs (C(OH)–C–C–N with tert-alkyl or cyclic N) is 1. The molecule has 3 heterocycles. The molecule has 2 aliphatic heterocycles. The standard InChI is InChI=1S/C25H22FN3O3/c1-14-19(25(32)29-10-9-15(30)13-29)12-27-22(14)11-18-23-17(16-5-2-3-7-20(16)26)6-4-8-21(23)28-24(18)31/h2-8,11-12,15,27,30H,9-10,13H2,1H3,(H,28,31)/t15-/m0/s1. The summed E-state index contributed by atoms with van der Waals surface area (Å²) in [5.41, 5.74) is 4.55. The van der Waals surface area contributed by atoms with E-state index in [1.54, 1.807) is 53.6 Å². The number of halogens is 1. The number of aromatic nitrogens is 1. The lowest BCUT2D eigenvalue weighted by Gasteiger charge is -2.15. The van der Waals surface area contributed by atoms with Crippen LogP contribution in [0.5, 0.6) is 0 Å². The molecule has 2 aliphatic rings. The van der Waals surface area contributed by atoms with Gasteiger partial charge in [-0.15, -0.1) is 0 Å². The first-order chi connectivity index (χ1) is 15.4. The van der Waals surface area contributed by atoms with E-state index in [-0.39, 0.29) is 17.6 Å². The maximum absolute atomic E-state index is 14.5. The maximum atomic E-state index is 14.5. The fraction of sp³-hybridized carbons (Fsp3) is 0.200. The molecule has 0 spiro atoms. The van der Waals surface area contributed by atoms with Crippen LogP contribution in [-0.4, -0.2) is 46.0 Å². The van der Waals surface area contributed by atoms with Crippen molar-refractivity contribution in [3.8, 4) is 11.1 Å². The number of benzene rings is 2. The number of amides is 2. The molecule has 1 fully saturated rings. The smallest absolute Gasteiger partial charge is 0.256 e. The molecule has 7 heteroatoms. The summed E-state index contributed by atoms with van der Waals surface area (Å²) in [6.45, 7) is 2.66. The first kappa shape index (κ1) is 20.2. The van der Waals surface area contributed by atoms with Gasteiger partial charge in [0.25, 0.3) is 11.8 Å². The minimum absolute atomic E-state index is 0.150. The number of anilines is 1. The van der Waals surface area contributed by atoms with E-state index in [0.717, 1.165) is 0 Å². The Bertz CT molecular complexity index is 1280. The van der Waals surface area contributed by atoms with Gasteiger partial charge in [-0.3, -0.25) is 9.59 Å². The van der Waals surface area contributed by atoms with Gasteiger partial charge in [-0.1, -0.05) is 30.3 Å². The number of nitrogens with zero attached hydrogens (tertiary/aromatic N) is 1. The van der Waals surface area contributed by atoms with Crippen LogP contribution in [-0.2, 0) is 4.79 Å². The fourth-order valence-corrected chi connectivity index (χ4v) is 4.42. The molecule has 2 amide bonds. The highest BCUT2D eigenvalue weighted by molar-refractivity contribution is 6.36. The third-order valence-electron chi connectivity index (χ3n) is 6.14. The number of carbonyl (C=O) groups is 2. The van der Waals surface area contributed by atoms with E-state index in [1.165, 1.54) is 6.07 Å². The van der Waals surface area contributed by atoms with Gasteiger partial charge < -0.3 is 20.3 Å². The first-order valence-corrected chi connectivity index (χ1v) is 10.5. The number of aromatic amines is 1. The number of hydrogen-bond acceptors (Lipinski definition) is 3. The molecule has 3 N–H and O–H groups in total. The second-order valence-corrected chi connectivity index (χ2v) is 8.15. The van der Waals surface area contributed by atoms with Gasteiger partial charge in [-0.05, 0) is 42.7 Å². The Hall–Kier alpha value is -3.71. The normalized spacial score (nSPS) is 18.8. The second-order valence-electron chi connectivity index (χ2n) is 8.15. The van der Waals surface area contributed by atoms with E-state index in [1.807, 2.05) is 6.92 Å². The number of aliphatic hydroxyl groups excluding tert-OH is 1. The molecule has 0 bridgehead atoms. The lowest BCUT2D eigenvalue weighted by atomic mass is 9.94. The zero-order valence-electron chi connectivity index (χ0n) is 17.5. The highest BCUT2D eigenvalue weighted by Crippen LogP contribution is 2.41. The number of H-pyrrole nitrogens is 1. The molecule has 0 saturated carbocycles. The molecule has 1 aromatic heterocycles. The average molecular weight is 431 g/mol. The van der Waals surface area contributed by atoms with Crippen molar-refractivity contribution in [1.29, 1.82) is 0 Å². The lowest BCUT2D eigenvalue weighted by Crippen LogP contribution is -2.29. The average Bonchev–Trinajstić information content (AvgIpc) is 3.46. The largest absolute Gasteiger partial charge is 0.391 e. The van der Waals surface area contributed by atoms with Gasteiger partial charge in [0.15, 0.2) is 0 Å². The van der Waals surface area contributed by atoms with Crippen LogP contribution in [0.2, 0.25) is 0 Å². The summed E-state index contributed by atoms with van der Waals surface area (Å²) in [6, 6.07) is 11.8. The number of nitrogens with one attached hydrogen (secondary N) is 2. The number of rotatable bonds is 3. The molecule has 0 radical (unpaired) electrons. The summed E-state index contributed by atoms with van der Waals surface area (Å²) >= 11 is 0. The summed E-state index contributed by atoms with van der Waals surface area (Å²) in [5.74, 6) is -0.798. The van der Waals surface area contributed by atoms with Crippen LogP contribution in [0.25, 0.3) is 22.8 Å². The fourth-order valence-electron chi connectivity index (χ4n) is 4.42. The van der Waals surface area contributed by atoms with Gasteiger partial charge in [-0.2, -0.15) is 0 Å². The van der Waals surface area contributed by atoms with Crippen LogP contribution >= 0.6 is 0 Å². The second kappa shape index (κ2) is 7.76. The van der Waals surface area contributed by atoms with E-state index in [0.29, 0.717) is 64.3 Å². The Balaban J connectivity index is 1.56. The Morgan fingerprint density at radius 1 is 1.19 bits per heavy atom. The highest BCUT2D eigenvalue weighted by Gasteiger charge is 2.30. The molecule has 2 aromatic carbocycles. The van der Waals surface area contributed by atoms with Gasteiger partial charge in [0.2, 0.25) is 0 Å². The lowest BCUT2D eigenvalue weighted by molar-refractivity contribution is -0.110. The van der Waals surface area contributed by atoms with E-state index in [2.05, 4.69) is 10.3 Å². The number of likely N-dealkylation sites (tertiary alicyclic amines) is 1. The molecule has 6 nitrogen and oxygen atoms in total. The van der Waals surface area contributed by atoms with Crippen LogP contribution in [0.4, 0.5) is 10.1 Å². The van der Waals surface area contributed by atoms with Crippen molar-refractivity contribution in [3.05, 3.63) is 76.9 Å². The summed E-state index contributed by atoms with van der Waals surface area (Å²) in [7, 11) is 0. The molecule has 5 rings (SSSR count). The molecule has 1 saturated heterocycles. The predicted molar refractivity (Wildman–Crippen MR) is 120 cm³/mol. The van der Waals surface area contributed by atoms with Crippen molar-refractivity contribution in [2.45, 2.75) is 19.4 Å². The van der Waals surface area contributed by atoms with Crippen molar-refractivity contribution in [3.63, 3.8) is 0 Å². The third kappa shape index (κ3) is 3.31. The number of aliphatic hydroxyl groups is 1. The topological polar surface area (TPSA) is 85.4 Å². The van der Waals surface area contributed by atoms with E-state index in [4.69, 9.17) is 0 Å². The molecule has 162 valence electrons. The number of fused-ring (bicyclic) bond motifs is 1. The molecule has 32 heavy (non-hydrogen) atoms. The number of carbonyl (C=O) groups excluding carboxylic acids is 2. The van der Waals surface area contributed by atoms with Gasteiger partial charge in [0.1, 0.15) is 5.82 Å². The van der Waals surface area contributed by atoms with Crippen molar-refractivity contribution in [2.24, 2.45) is 0 Å². The van der Waals surface area contributed by atoms with Crippen LogP contribution in [0.3, 0.4) is 0 Å². The first-order valence-electron chi connectivity index (χ1n) is 10.5. The molecular weight excluding hydrogens is 409 g/mol. The predicted octanol–water partition coefficient (Wildman–Crippen LogP) is 3.83. The Morgan fingerprint density at radius 2 is 1.97 bits per heavy atom. The van der Waals surface area contributed by atoms with Crippen LogP contribution in [0.15, 0.2) is 48.7 Å². The Kier molecular flexibility index (Phi) is 4.90. The minimum Gasteiger partial charge on any atom is -0.391 e. The zero-order chi connectivity index (χ0) is 22.4. The molecule has 1 atom stereocenters. The Labute approximate surface area is 184 Å². The monoisotopic (exact) mass is 431 g/mol. The van der Waals surface area contributed by atoms with E-state index >= 15 is 0 Å². The summed E-state index contributed by atoms with van der Waals surface area (Å²) < 4.78 is 14.5. The van der Waals surface area contributed by atoms with Crippen molar-refractivity contribution in [2.75, 3.05) is 18.4 Å². The van der Waals surface area contributed by atoms with Crippen LogP contribution < -0.4 is 5.32 Å².